The van der Waals surface area contributed by atoms with Gasteiger partial charge in [-0.25, -0.2) is 0 Å². The van der Waals surface area contributed by atoms with Crippen LogP contribution >= 0.6 is 0 Å². The molecule has 0 amide bonds. The summed E-state index contributed by atoms with van der Waals surface area (Å²) in [4.78, 5) is 2.43. The van der Waals surface area contributed by atoms with Gasteiger partial charge < -0.3 is 10.2 Å². The molecule has 114 valence electrons. The van der Waals surface area contributed by atoms with Crippen molar-refractivity contribution >= 4 is 0 Å². The van der Waals surface area contributed by atoms with Crippen LogP contribution in [-0.4, -0.2) is 31.6 Å². The van der Waals surface area contributed by atoms with Gasteiger partial charge in [0, 0.05) is 18.6 Å². The molecular weight excluding hydrogens is 244 g/mol. The molecule has 0 fully saturated rings. The first-order chi connectivity index (χ1) is 9.29. The van der Waals surface area contributed by atoms with Crippen LogP contribution in [0.5, 0.6) is 0 Å². The van der Waals surface area contributed by atoms with Crippen LogP contribution in [0.4, 0.5) is 0 Å². The number of nitrogens with zero attached hydrogens (tertiary/aromatic N) is 1. The van der Waals surface area contributed by atoms with Gasteiger partial charge in [-0.1, -0.05) is 52.0 Å². The van der Waals surface area contributed by atoms with Crippen LogP contribution in [-0.2, 0) is 5.41 Å². The molecule has 0 saturated heterocycles. The van der Waals surface area contributed by atoms with Crippen molar-refractivity contribution in [2.75, 3.05) is 20.6 Å². The fraction of sp³-hybridized carbons (Fsp3) is 0.667. The molecule has 2 nitrogen and oxygen atoms in total. The number of benzene rings is 1. The molecule has 0 heterocycles. The number of rotatable bonds is 6. The van der Waals surface area contributed by atoms with Gasteiger partial charge in [0.15, 0.2) is 0 Å². The molecule has 20 heavy (non-hydrogen) atoms. The molecular formula is C18H32N2. The average molecular weight is 276 g/mol. The third-order valence-corrected chi connectivity index (χ3v) is 4.34. The van der Waals surface area contributed by atoms with Crippen LogP contribution in [0.3, 0.4) is 0 Å². The molecule has 0 radical (unpaired) electrons. The van der Waals surface area contributed by atoms with Gasteiger partial charge in [-0.05, 0) is 44.0 Å². The highest BCUT2D eigenvalue weighted by molar-refractivity contribution is 5.29. The molecule has 2 heteroatoms. The SMILES string of the molecule is CCC(C)N(C)CC(NC)c1ccc(C(C)(C)C)cc1. The highest BCUT2D eigenvalue weighted by Crippen LogP contribution is 2.24. The zero-order valence-corrected chi connectivity index (χ0v) is 14.3. The minimum Gasteiger partial charge on any atom is -0.312 e. The average Bonchev–Trinajstić information content (AvgIpc) is 2.42. The molecule has 0 saturated carbocycles. The van der Waals surface area contributed by atoms with Gasteiger partial charge in [0.1, 0.15) is 0 Å². The van der Waals surface area contributed by atoms with Gasteiger partial charge in [0.2, 0.25) is 0 Å². The summed E-state index contributed by atoms with van der Waals surface area (Å²) in [5, 5.41) is 3.44. The molecule has 0 aliphatic heterocycles. The maximum absolute atomic E-state index is 3.44. The predicted molar refractivity (Wildman–Crippen MR) is 89.3 cm³/mol. The maximum atomic E-state index is 3.44. The molecule has 1 aromatic carbocycles. The number of likely N-dealkylation sites (N-methyl/N-ethyl adjacent to an activating group) is 2. The Morgan fingerprint density at radius 1 is 1.15 bits per heavy atom. The Hall–Kier alpha value is -0.860. The van der Waals surface area contributed by atoms with E-state index in [1.54, 1.807) is 0 Å². The standard InChI is InChI=1S/C18H32N2/c1-8-14(2)20(7)13-17(19-6)15-9-11-16(12-10-15)18(3,4)5/h9-12,14,17,19H,8,13H2,1-7H3. The summed E-state index contributed by atoms with van der Waals surface area (Å²) in [7, 11) is 4.26. The molecule has 0 aliphatic rings. The van der Waals surface area contributed by atoms with Gasteiger partial charge >= 0.3 is 0 Å². The van der Waals surface area contributed by atoms with Gasteiger partial charge in [-0.2, -0.15) is 0 Å². The summed E-state index contributed by atoms with van der Waals surface area (Å²) in [6.07, 6.45) is 1.19. The normalized spacial score (nSPS) is 15.4. The summed E-state index contributed by atoms with van der Waals surface area (Å²) in [5.74, 6) is 0. The van der Waals surface area contributed by atoms with E-state index in [4.69, 9.17) is 0 Å². The molecule has 1 N–H and O–H groups in total. The van der Waals surface area contributed by atoms with Crippen molar-refractivity contribution in [3.8, 4) is 0 Å². The molecule has 0 aromatic heterocycles. The monoisotopic (exact) mass is 276 g/mol. The molecule has 0 aliphatic carbocycles. The van der Waals surface area contributed by atoms with Crippen LogP contribution in [0.25, 0.3) is 0 Å². The van der Waals surface area contributed by atoms with Crippen LogP contribution < -0.4 is 5.32 Å². The predicted octanol–water partition coefficient (Wildman–Crippen LogP) is 3.97. The van der Waals surface area contributed by atoms with E-state index in [-0.39, 0.29) is 5.41 Å². The van der Waals surface area contributed by atoms with Crippen molar-refractivity contribution in [3.05, 3.63) is 35.4 Å². The highest BCUT2D eigenvalue weighted by Gasteiger charge is 2.17. The van der Waals surface area contributed by atoms with Gasteiger partial charge in [-0.15, -0.1) is 0 Å². The molecule has 0 spiro atoms. The lowest BCUT2D eigenvalue weighted by molar-refractivity contribution is 0.228. The second-order valence-corrected chi connectivity index (χ2v) is 6.91. The summed E-state index contributed by atoms with van der Waals surface area (Å²) >= 11 is 0. The highest BCUT2D eigenvalue weighted by atomic mass is 15.1. The molecule has 2 unspecified atom stereocenters. The van der Waals surface area contributed by atoms with Crippen molar-refractivity contribution in [3.63, 3.8) is 0 Å². The van der Waals surface area contributed by atoms with E-state index < -0.39 is 0 Å². The molecule has 2 atom stereocenters. The van der Waals surface area contributed by atoms with Crippen LogP contribution in [0.2, 0.25) is 0 Å². The van der Waals surface area contributed by atoms with Gasteiger partial charge in [0.05, 0.1) is 0 Å². The minimum atomic E-state index is 0.223. The van der Waals surface area contributed by atoms with E-state index in [0.29, 0.717) is 12.1 Å². The maximum Gasteiger partial charge on any atom is 0.0446 e. The number of hydrogen-bond acceptors (Lipinski definition) is 2. The lowest BCUT2D eigenvalue weighted by atomic mass is 9.86. The molecule has 0 bridgehead atoms. The second kappa shape index (κ2) is 7.24. The Kier molecular flexibility index (Phi) is 6.22. The van der Waals surface area contributed by atoms with E-state index in [1.165, 1.54) is 17.5 Å². The Morgan fingerprint density at radius 3 is 2.10 bits per heavy atom. The summed E-state index contributed by atoms with van der Waals surface area (Å²) < 4.78 is 0. The number of hydrogen-bond donors (Lipinski definition) is 1. The van der Waals surface area contributed by atoms with E-state index in [9.17, 15) is 0 Å². The first kappa shape index (κ1) is 17.2. The van der Waals surface area contributed by atoms with Crippen molar-refractivity contribution < 1.29 is 0 Å². The minimum absolute atomic E-state index is 0.223. The lowest BCUT2D eigenvalue weighted by Gasteiger charge is -2.29. The Morgan fingerprint density at radius 2 is 1.70 bits per heavy atom. The second-order valence-electron chi connectivity index (χ2n) is 6.91. The fourth-order valence-corrected chi connectivity index (χ4v) is 2.36. The van der Waals surface area contributed by atoms with Crippen LogP contribution in [0.15, 0.2) is 24.3 Å². The largest absolute Gasteiger partial charge is 0.312 e. The summed E-state index contributed by atoms with van der Waals surface area (Å²) in [6, 6.07) is 10.1. The van der Waals surface area contributed by atoms with Crippen molar-refractivity contribution in [1.29, 1.82) is 0 Å². The first-order valence-electron chi connectivity index (χ1n) is 7.77. The van der Waals surface area contributed by atoms with Gasteiger partial charge in [-0.3, -0.25) is 0 Å². The van der Waals surface area contributed by atoms with Crippen LogP contribution in [0.1, 0.15) is 58.2 Å². The summed E-state index contributed by atoms with van der Waals surface area (Å²) in [6.45, 7) is 12.3. The van der Waals surface area contributed by atoms with Crippen molar-refractivity contribution in [2.24, 2.45) is 0 Å². The Labute approximate surface area is 125 Å². The molecule has 1 aromatic rings. The fourth-order valence-electron chi connectivity index (χ4n) is 2.36. The molecule has 1 rings (SSSR count). The zero-order valence-electron chi connectivity index (χ0n) is 14.3. The zero-order chi connectivity index (χ0) is 15.3. The van der Waals surface area contributed by atoms with Gasteiger partial charge in [0.25, 0.3) is 0 Å². The van der Waals surface area contributed by atoms with E-state index in [0.717, 1.165) is 6.54 Å². The quantitative estimate of drug-likeness (QED) is 0.845. The smallest absolute Gasteiger partial charge is 0.0446 e. The van der Waals surface area contributed by atoms with Crippen molar-refractivity contribution in [2.45, 2.75) is 58.5 Å². The van der Waals surface area contributed by atoms with Crippen LogP contribution in [0, 0.1) is 0 Å². The van der Waals surface area contributed by atoms with E-state index in [1.807, 2.05) is 7.05 Å². The first-order valence-corrected chi connectivity index (χ1v) is 7.77. The topological polar surface area (TPSA) is 15.3 Å². The van der Waals surface area contributed by atoms with E-state index >= 15 is 0 Å². The third kappa shape index (κ3) is 4.60. The number of nitrogens with one attached hydrogen (secondary N) is 1. The third-order valence-electron chi connectivity index (χ3n) is 4.34. The Balaban J connectivity index is 2.80. The lowest BCUT2D eigenvalue weighted by Crippen LogP contribution is -2.36. The van der Waals surface area contributed by atoms with Crippen molar-refractivity contribution in [1.82, 2.24) is 10.2 Å². The summed E-state index contributed by atoms with van der Waals surface area (Å²) in [5.41, 5.74) is 2.99. The Bertz CT molecular complexity index is 389. The van der Waals surface area contributed by atoms with E-state index in [2.05, 4.69) is 76.1 Å².